The zero-order valence-electron chi connectivity index (χ0n) is 4.78. The zero-order valence-corrected chi connectivity index (χ0v) is 4.78. The molecule has 3 N–H and O–H groups in total. The molecule has 0 amide bonds. The van der Waals surface area contributed by atoms with E-state index in [9.17, 15) is 0 Å². The van der Waals surface area contributed by atoms with Gasteiger partial charge in [-0.3, -0.25) is 0 Å². The van der Waals surface area contributed by atoms with Gasteiger partial charge in [0, 0.05) is 5.70 Å². The third-order valence-corrected chi connectivity index (χ3v) is 1.34. The molecule has 1 aliphatic carbocycles. The third-order valence-electron chi connectivity index (χ3n) is 1.34. The lowest BCUT2D eigenvalue weighted by atomic mass is 10.0. The van der Waals surface area contributed by atoms with Crippen molar-refractivity contribution in [1.82, 2.24) is 0 Å². The van der Waals surface area contributed by atoms with E-state index in [1.165, 1.54) is 0 Å². The highest BCUT2D eigenvalue weighted by Crippen LogP contribution is 2.08. The molecule has 44 valence electrons. The maximum Gasteiger partial charge on any atom is 0.0539 e. The first-order valence-electron chi connectivity index (χ1n) is 2.84. The average Bonchev–Trinajstić information content (AvgIpc) is 1.77. The molecule has 0 atom stereocenters. The first-order chi connectivity index (χ1) is 3.80. The Balaban J connectivity index is 2.67. The summed E-state index contributed by atoms with van der Waals surface area (Å²) in [4.78, 5) is 0. The highest BCUT2D eigenvalue weighted by molar-refractivity contribution is 5.97. The molecule has 0 bridgehead atoms. The Labute approximate surface area is 48.9 Å². The summed E-state index contributed by atoms with van der Waals surface area (Å²) in [5.74, 6) is 0. The molecule has 8 heavy (non-hydrogen) atoms. The number of nitrogens with two attached hydrogens (primary N) is 1. The van der Waals surface area contributed by atoms with Crippen molar-refractivity contribution in [3.63, 3.8) is 0 Å². The second-order valence-electron chi connectivity index (χ2n) is 2.03. The van der Waals surface area contributed by atoms with Crippen LogP contribution in [0.25, 0.3) is 0 Å². The van der Waals surface area contributed by atoms with Crippen LogP contribution < -0.4 is 5.73 Å². The van der Waals surface area contributed by atoms with Gasteiger partial charge >= 0.3 is 0 Å². The molecule has 0 aliphatic heterocycles. The molecule has 2 nitrogen and oxygen atoms in total. The fourth-order valence-electron chi connectivity index (χ4n) is 0.804. The van der Waals surface area contributed by atoms with Crippen LogP contribution in [0, 0.1) is 5.41 Å². The van der Waals surface area contributed by atoms with E-state index < -0.39 is 0 Å². The number of allylic oxidation sites excluding steroid dienone is 2. The van der Waals surface area contributed by atoms with Crippen LogP contribution in [-0.2, 0) is 0 Å². The Morgan fingerprint density at radius 1 is 1.62 bits per heavy atom. The summed E-state index contributed by atoms with van der Waals surface area (Å²) in [6, 6.07) is 0. The SMILES string of the molecule is N=C1CCCC=C1N. The Kier molecular flexibility index (Phi) is 1.33. The van der Waals surface area contributed by atoms with Crippen molar-refractivity contribution in [2.75, 3.05) is 0 Å². The topological polar surface area (TPSA) is 49.9 Å². The van der Waals surface area contributed by atoms with Crippen LogP contribution in [0.3, 0.4) is 0 Å². The van der Waals surface area contributed by atoms with E-state index in [0.29, 0.717) is 11.4 Å². The minimum absolute atomic E-state index is 0.608. The van der Waals surface area contributed by atoms with Crippen molar-refractivity contribution < 1.29 is 0 Å². The molecule has 0 radical (unpaired) electrons. The maximum absolute atomic E-state index is 7.20. The van der Waals surface area contributed by atoms with Crippen molar-refractivity contribution in [3.8, 4) is 0 Å². The lowest BCUT2D eigenvalue weighted by molar-refractivity contribution is 0.859. The lowest BCUT2D eigenvalue weighted by Gasteiger charge is -2.07. The normalized spacial score (nSPS) is 20.5. The van der Waals surface area contributed by atoms with Gasteiger partial charge in [0.15, 0.2) is 0 Å². The second kappa shape index (κ2) is 1.99. The molecule has 1 rings (SSSR count). The van der Waals surface area contributed by atoms with Gasteiger partial charge in [-0.2, -0.15) is 0 Å². The standard InChI is InChI=1S/C6H10N2/c7-5-3-1-2-4-6(5)8/h3,8H,1-2,4,7H2. The minimum Gasteiger partial charge on any atom is -0.398 e. The highest BCUT2D eigenvalue weighted by Gasteiger charge is 2.03. The molecule has 1 aliphatic rings. The number of hydrogen-bond donors (Lipinski definition) is 2. The molecular weight excluding hydrogens is 100 g/mol. The fourth-order valence-corrected chi connectivity index (χ4v) is 0.804. The summed E-state index contributed by atoms with van der Waals surface area (Å²) in [6.45, 7) is 0. The Hall–Kier alpha value is -0.790. The number of hydrogen-bond acceptors (Lipinski definition) is 2. The van der Waals surface area contributed by atoms with Crippen molar-refractivity contribution >= 4 is 5.71 Å². The van der Waals surface area contributed by atoms with Crippen LogP contribution in [0.4, 0.5) is 0 Å². The van der Waals surface area contributed by atoms with E-state index in [4.69, 9.17) is 11.1 Å². The van der Waals surface area contributed by atoms with Gasteiger partial charge in [0.25, 0.3) is 0 Å². The summed E-state index contributed by atoms with van der Waals surface area (Å²) < 4.78 is 0. The van der Waals surface area contributed by atoms with Crippen LogP contribution in [0.15, 0.2) is 11.8 Å². The van der Waals surface area contributed by atoms with Gasteiger partial charge in [-0.25, -0.2) is 0 Å². The predicted octanol–water partition coefficient (Wildman–Crippen LogP) is 1.03. The summed E-state index contributed by atoms with van der Waals surface area (Å²) >= 11 is 0. The van der Waals surface area contributed by atoms with Crippen molar-refractivity contribution in [3.05, 3.63) is 11.8 Å². The predicted molar refractivity (Wildman–Crippen MR) is 33.8 cm³/mol. The molecule has 0 aromatic heterocycles. The smallest absolute Gasteiger partial charge is 0.0539 e. The largest absolute Gasteiger partial charge is 0.398 e. The van der Waals surface area contributed by atoms with Gasteiger partial charge in [0.2, 0.25) is 0 Å². The van der Waals surface area contributed by atoms with Crippen molar-refractivity contribution in [1.29, 1.82) is 5.41 Å². The maximum atomic E-state index is 7.20. The van der Waals surface area contributed by atoms with Crippen LogP contribution in [0.5, 0.6) is 0 Å². The van der Waals surface area contributed by atoms with Crippen LogP contribution in [0.2, 0.25) is 0 Å². The quantitative estimate of drug-likeness (QED) is 0.480. The van der Waals surface area contributed by atoms with Crippen LogP contribution >= 0.6 is 0 Å². The summed E-state index contributed by atoms with van der Waals surface area (Å²) in [5.41, 5.74) is 6.70. The van der Waals surface area contributed by atoms with Crippen molar-refractivity contribution in [2.24, 2.45) is 5.73 Å². The monoisotopic (exact) mass is 110 g/mol. The minimum atomic E-state index is 0.608. The second-order valence-corrected chi connectivity index (χ2v) is 2.03. The first-order valence-corrected chi connectivity index (χ1v) is 2.84. The molecule has 0 spiro atoms. The molecule has 0 aromatic rings. The van der Waals surface area contributed by atoms with Crippen molar-refractivity contribution in [2.45, 2.75) is 19.3 Å². The van der Waals surface area contributed by atoms with Gasteiger partial charge in [0.1, 0.15) is 0 Å². The van der Waals surface area contributed by atoms with E-state index in [0.717, 1.165) is 19.3 Å². The fraction of sp³-hybridized carbons (Fsp3) is 0.500. The van der Waals surface area contributed by atoms with Gasteiger partial charge in [-0.1, -0.05) is 6.08 Å². The zero-order chi connectivity index (χ0) is 5.98. The summed E-state index contributed by atoms with van der Waals surface area (Å²) in [6.07, 6.45) is 4.93. The molecule has 0 fully saturated rings. The van der Waals surface area contributed by atoms with Crippen LogP contribution in [-0.4, -0.2) is 5.71 Å². The Morgan fingerprint density at radius 3 is 2.75 bits per heavy atom. The molecule has 2 heteroatoms. The van der Waals surface area contributed by atoms with E-state index in [1.807, 2.05) is 6.08 Å². The molecule has 0 heterocycles. The van der Waals surface area contributed by atoms with Gasteiger partial charge in [-0.15, -0.1) is 0 Å². The van der Waals surface area contributed by atoms with E-state index in [2.05, 4.69) is 0 Å². The number of rotatable bonds is 0. The van der Waals surface area contributed by atoms with Crippen LogP contribution in [0.1, 0.15) is 19.3 Å². The Bertz CT molecular complexity index is 135. The summed E-state index contributed by atoms with van der Waals surface area (Å²) in [5, 5.41) is 7.20. The number of nitrogens with one attached hydrogen (secondary N) is 1. The van der Waals surface area contributed by atoms with E-state index in [1.54, 1.807) is 0 Å². The average molecular weight is 110 g/mol. The van der Waals surface area contributed by atoms with E-state index >= 15 is 0 Å². The molecular formula is C6H10N2. The molecule has 0 unspecified atom stereocenters. The van der Waals surface area contributed by atoms with Gasteiger partial charge < -0.3 is 11.1 Å². The first kappa shape index (κ1) is 5.35. The molecule has 0 aromatic carbocycles. The summed E-state index contributed by atoms with van der Waals surface area (Å²) in [7, 11) is 0. The lowest BCUT2D eigenvalue weighted by Crippen LogP contribution is -2.13. The molecule has 0 saturated carbocycles. The van der Waals surface area contributed by atoms with Gasteiger partial charge in [0.05, 0.1) is 5.71 Å². The Morgan fingerprint density at radius 2 is 2.38 bits per heavy atom. The van der Waals surface area contributed by atoms with Gasteiger partial charge in [-0.05, 0) is 19.3 Å². The third kappa shape index (κ3) is 0.886. The van der Waals surface area contributed by atoms with E-state index in [-0.39, 0.29) is 0 Å². The highest BCUT2D eigenvalue weighted by atomic mass is 14.6. The molecule has 0 saturated heterocycles.